The third-order valence-electron chi connectivity index (χ3n) is 2.62. The molecule has 0 aliphatic heterocycles. The summed E-state index contributed by atoms with van der Waals surface area (Å²) in [5, 5.41) is 3.52. The van der Waals surface area contributed by atoms with Gasteiger partial charge in [0.1, 0.15) is 18.8 Å². The van der Waals surface area contributed by atoms with Crippen LogP contribution in [0.2, 0.25) is 0 Å². The van der Waals surface area contributed by atoms with E-state index in [4.69, 9.17) is 24.5 Å². The molecule has 0 saturated carbocycles. The van der Waals surface area contributed by atoms with E-state index in [1.807, 2.05) is 0 Å². The van der Waals surface area contributed by atoms with Gasteiger partial charge in [-0.25, -0.2) is 0 Å². The zero-order chi connectivity index (χ0) is 17.8. The summed E-state index contributed by atoms with van der Waals surface area (Å²) in [6.45, 7) is 3.53. The van der Waals surface area contributed by atoms with E-state index < -0.39 is 36.3 Å². The average Bonchev–Trinajstić information content (AvgIpc) is 2.45. The second kappa shape index (κ2) is 11.3. The van der Waals surface area contributed by atoms with Gasteiger partial charge in [0.2, 0.25) is 6.29 Å². The van der Waals surface area contributed by atoms with Crippen LogP contribution in [-0.2, 0) is 33.3 Å². The standard InChI is InChI=1S/C13H21N3O7/c1-8(17)21-7-11(22-9(2)18)5-6-12(15-16-14)13(20-4)23-10(3)19/h11-13H,5-7H2,1-4H3/t11-,12-,13?/m0/s1. The SMILES string of the molecule is COC(OC(C)=O)[C@H](CC[C@@H](COC(C)=O)OC(C)=O)N=[N+]=[N-]. The van der Waals surface area contributed by atoms with E-state index >= 15 is 0 Å². The molecular weight excluding hydrogens is 310 g/mol. The van der Waals surface area contributed by atoms with Crippen molar-refractivity contribution < 1.29 is 33.3 Å². The van der Waals surface area contributed by atoms with E-state index in [9.17, 15) is 14.4 Å². The van der Waals surface area contributed by atoms with E-state index in [0.717, 1.165) is 0 Å². The van der Waals surface area contributed by atoms with Crippen LogP contribution >= 0.6 is 0 Å². The Bertz CT molecular complexity index is 462. The topological polar surface area (TPSA) is 137 Å². The lowest BCUT2D eigenvalue weighted by Crippen LogP contribution is -2.33. The quantitative estimate of drug-likeness (QED) is 0.147. The molecule has 1 unspecified atom stereocenters. The summed E-state index contributed by atoms with van der Waals surface area (Å²) in [5.74, 6) is -1.64. The normalized spacial score (nSPS) is 13.9. The molecule has 0 aromatic rings. The Morgan fingerprint density at radius 3 is 2.09 bits per heavy atom. The van der Waals surface area contributed by atoms with Crippen molar-refractivity contribution >= 4 is 17.9 Å². The first-order valence-electron chi connectivity index (χ1n) is 6.85. The van der Waals surface area contributed by atoms with Gasteiger partial charge in [-0.1, -0.05) is 5.11 Å². The average molecular weight is 331 g/mol. The van der Waals surface area contributed by atoms with E-state index in [2.05, 4.69) is 10.0 Å². The summed E-state index contributed by atoms with van der Waals surface area (Å²) >= 11 is 0. The number of nitrogens with zero attached hydrogens (tertiary/aromatic N) is 3. The first-order chi connectivity index (χ1) is 10.8. The highest BCUT2D eigenvalue weighted by Gasteiger charge is 2.25. The number of rotatable bonds is 10. The van der Waals surface area contributed by atoms with Crippen LogP contribution in [0, 0.1) is 0 Å². The molecule has 0 aromatic carbocycles. The van der Waals surface area contributed by atoms with E-state index in [-0.39, 0.29) is 19.4 Å². The molecule has 0 saturated heterocycles. The number of carbonyl (C=O) groups is 3. The molecule has 10 heteroatoms. The Hall–Kier alpha value is -2.32. The maximum atomic E-state index is 11.1. The van der Waals surface area contributed by atoms with E-state index in [0.29, 0.717) is 0 Å². The van der Waals surface area contributed by atoms with Crippen LogP contribution in [-0.4, -0.2) is 50.1 Å². The van der Waals surface area contributed by atoms with Gasteiger partial charge in [-0.15, -0.1) is 0 Å². The molecule has 130 valence electrons. The maximum Gasteiger partial charge on any atom is 0.304 e. The number of hydrogen-bond donors (Lipinski definition) is 0. The van der Waals surface area contributed by atoms with Crippen LogP contribution in [0.25, 0.3) is 10.4 Å². The van der Waals surface area contributed by atoms with Gasteiger partial charge in [0.05, 0.1) is 0 Å². The third-order valence-corrected chi connectivity index (χ3v) is 2.62. The number of hydrogen-bond acceptors (Lipinski definition) is 8. The molecule has 3 atom stereocenters. The van der Waals surface area contributed by atoms with Crippen molar-refractivity contribution in [3.05, 3.63) is 10.4 Å². The highest BCUT2D eigenvalue weighted by atomic mass is 16.7. The lowest BCUT2D eigenvalue weighted by atomic mass is 10.1. The van der Waals surface area contributed by atoms with Crippen molar-refractivity contribution in [2.45, 2.75) is 52.0 Å². The van der Waals surface area contributed by atoms with Crippen LogP contribution < -0.4 is 0 Å². The molecule has 0 aliphatic rings. The van der Waals surface area contributed by atoms with Gasteiger partial charge in [0, 0.05) is 32.8 Å². The molecule has 0 radical (unpaired) electrons. The Labute approximate surface area is 133 Å². The molecule has 0 rings (SSSR count). The number of azide groups is 1. The molecule has 0 N–H and O–H groups in total. The second-order valence-corrected chi connectivity index (χ2v) is 4.60. The van der Waals surface area contributed by atoms with E-state index in [1.165, 1.54) is 27.9 Å². The molecular formula is C13H21N3O7. The van der Waals surface area contributed by atoms with Gasteiger partial charge in [0.25, 0.3) is 0 Å². The summed E-state index contributed by atoms with van der Waals surface area (Å²) in [7, 11) is 1.30. The minimum atomic E-state index is -1.06. The predicted molar refractivity (Wildman–Crippen MR) is 76.9 cm³/mol. The molecule has 0 spiro atoms. The highest BCUT2D eigenvalue weighted by molar-refractivity contribution is 5.67. The van der Waals surface area contributed by atoms with Gasteiger partial charge < -0.3 is 18.9 Å². The molecule has 0 fully saturated rings. The third kappa shape index (κ3) is 10.1. The Balaban J connectivity index is 4.80. The van der Waals surface area contributed by atoms with Crippen LogP contribution in [0.1, 0.15) is 33.6 Å². The molecule has 0 aliphatic carbocycles. The van der Waals surface area contributed by atoms with Gasteiger partial charge in [0.15, 0.2) is 0 Å². The zero-order valence-electron chi connectivity index (χ0n) is 13.6. The summed E-state index contributed by atoms with van der Waals surface area (Å²) in [6.07, 6.45) is -1.36. The molecule has 23 heavy (non-hydrogen) atoms. The number of carbonyl (C=O) groups excluding carboxylic acids is 3. The lowest BCUT2D eigenvalue weighted by Gasteiger charge is -2.23. The highest BCUT2D eigenvalue weighted by Crippen LogP contribution is 2.16. The molecule has 0 bridgehead atoms. The second-order valence-electron chi connectivity index (χ2n) is 4.60. The van der Waals surface area contributed by atoms with Crippen LogP contribution in [0.3, 0.4) is 0 Å². The fraction of sp³-hybridized carbons (Fsp3) is 0.769. The largest absolute Gasteiger partial charge is 0.462 e. The number of methoxy groups -OCH3 is 1. The summed E-state index contributed by atoms with van der Waals surface area (Å²) < 4.78 is 19.7. The number of ether oxygens (including phenoxy) is 4. The predicted octanol–water partition coefficient (Wildman–Crippen LogP) is 1.48. The summed E-state index contributed by atoms with van der Waals surface area (Å²) in [6, 6.07) is -0.815. The van der Waals surface area contributed by atoms with Crippen LogP contribution in [0.5, 0.6) is 0 Å². The van der Waals surface area contributed by atoms with Crippen molar-refractivity contribution in [2.24, 2.45) is 5.11 Å². The minimum absolute atomic E-state index is 0.122. The Morgan fingerprint density at radius 1 is 1.04 bits per heavy atom. The van der Waals surface area contributed by atoms with Gasteiger partial charge >= 0.3 is 17.9 Å². The molecule has 0 amide bonds. The van der Waals surface area contributed by atoms with Crippen molar-refractivity contribution in [2.75, 3.05) is 13.7 Å². The van der Waals surface area contributed by atoms with Gasteiger partial charge in [-0.05, 0) is 18.4 Å². The first kappa shape index (κ1) is 20.7. The first-order valence-corrected chi connectivity index (χ1v) is 6.85. The van der Waals surface area contributed by atoms with Crippen molar-refractivity contribution in [1.29, 1.82) is 0 Å². The van der Waals surface area contributed by atoms with Gasteiger partial charge in [-0.3, -0.25) is 14.4 Å². The Morgan fingerprint density at radius 2 is 1.65 bits per heavy atom. The number of esters is 3. The van der Waals surface area contributed by atoms with Crippen molar-refractivity contribution in [3.63, 3.8) is 0 Å². The molecule has 0 aromatic heterocycles. The van der Waals surface area contributed by atoms with Crippen LogP contribution in [0.4, 0.5) is 0 Å². The zero-order valence-corrected chi connectivity index (χ0v) is 13.6. The van der Waals surface area contributed by atoms with Crippen LogP contribution in [0.15, 0.2) is 5.11 Å². The van der Waals surface area contributed by atoms with Gasteiger partial charge in [-0.2, -0.15) is 0 Å². The maximum absolute atomic E-state index is 11.1. The Kier molecular flexibility index (Phi) is 10.1. The fourth-order valence-electron chi connectivity index (χ4n) is 1.74. The van der Waals surface area contributed by atoms with Crippen molar-refractivity contribution in [1.82, 2.24) is 0 Å². The smallest absolute Gasteiger partial charge is 0.304 e. The van der Waals surface area contributed by atoms with E-state index in [1.54, 1.807) is 0 Å². The minimum Gasteiger partial charge on any atom is -0.462 e. The lowest BCUT2D eigenvalue weighted by molar-refractivity contribution is -0.175. The monoisotopic (exact) mass is 331 g/mol. The van der Waals surface area contributed by atoms with Crippen molar-refractivity contribution in [3.8, 4) is 0 Å². The molecule has 10 nitrogen and oxygen atoms in total. The molecule has 0 heterocycles. The summed E-state index contributed by atoms with van der Waals surface area (Å²) in [5.41, 5.74) is 8.61. The summed E-state index contributed by atoms with van der Waals surface area (Å²) in [4.78, 5) is 35.6. The fourth-order valence-corrected chi connectivity index (χ4v) is 1.74.